The van der Waals surface area contributed by atoms with E-state index in [-0.39, 0.29) is 6.04 Å². The Morgan fingerprint density at radius 2 is 2.10 bits per heavy atom. The van der Waals surface area contributed by atoms with Gasteiger partial charge in [-0.1, -0.05) is 17.6 Å². The third-order valence-electron chi connectivity index (χ3n) is 3.86. The molecule has 1 saturated heterocycles. The minimum atomic E-state index is 0.188. The van der Waals surface area contributed by atoms with Crippen molar-refractivity contribution in [3.63, 3.8) is 0 Å². The number of aromatic nitrogens is 2. The Morgan fingerprint density at radius 1 is 1.14 bits per heavy atom. The number of nitrogens with one attached hydrogen (secondary N) is 1. The molecular weight excluding hydrogens is 270 g/mol. The van der Waals surface area contributed by atoms with E-state index in [1.165, 1.54) is 12.8 Å². The summed E-state index contributed by atoms with van der Waals surface area (Å²) in [5, 5.41) is 7.54. The minimum absolute atomic E-state index is 0.188. The van der Waals surface area contributed by atoms with Crippen LogP contribution in [-0.2, 0) is 0 Å². The van der Waals surface area contributed by atoms with Gasteiger partial charge in [-0.25, -0.2) is 0 Å². The van der Waals surface area contributed by atoms with E-state index in [0.29, 0.717) is 24.9 Å². The quantitative estimate of drug-likeness (QED) is 0.914. The number of fused-ring (bicyclic) bond motifs is 1. The van der Waals surface area contributed by atoms with E-state index in [2.05, 4.69) is 15.5 Å². The van der Waals surface area contributed by atoms with Crippen LogP contribution in [0, 0.1) is 0 Å². The fourth-order valence-electron chi connectivity index (χ4n) is 2.80. The number of nitrogens with zero attached hydrogens (tertiary/aromatic N) is 2. The number of hydrogen-bond donors (Lipinski definition) is 1. The summed E-state index contributed by atoms with van der Waals surface area (Å²) in [6.07, 6.45) is 3.45. The fourth-order valence-corrected chi connectivity index (χ4v) is 2.80. The summed E-state index contributed by atoms with van der Waals surface area (Å²) in [6.45, 7) is 2.11. The maximum atomic E-state index is 5.70. The van der Waals surface area contributed by atoms with Gasteiger partial charge in [0.25, 0.3) is 5.89 Å². The van der Waals surface area contributed by atoms with Crippen LogP contribution in [0.3, 0.4) is 0 Å². The van der Waals surface area contributed by atoms with Crippen molar-refractivity contribution in [3.8, 4) is 23.0 Å². The second kappa shape index (κ2) is 5.37. The van der Waals surface area contributed by atoms with Gasteiger partial charge in [-0.2, -0.15) is 4.98 Å². The lowest BCUT2D eigenvalue weighted by atomic mass is 10.0. The Morgan fingerprint density at radius 3 is 3.00 bits per heavy atom. The Balaban J connectivity index is 1.66. The van der Waals surface area contributed by atoms with Crippen LogP contribution in [0.4, 0.5) is 0 Å². The average molecular weight is 287 g/mol. The van der Waals surface area contributed by atoms with Crippen LogP contribution in [-0.4, -0.2) is 29.9 Å². The van der Waals surface area contributed by atoms with Gasteiger partial charge in [0.15, 0.2) is 17.3 Å². The zero-order valence-corrected chi connectivity index (χ0v) is 11.7. The summed E-state index contributed by atoms with van der Waals surface area (Å²) in [5.74, 6) is 2.63. The molecule has 1 fully saturated rings. The molecule has 0 spiro atoms. The molecule has 1 atom stereocenters. The van der Waals surface area contributed by atoms with Crippen molar-refractivity contribution < 1.29 is 14.0 Å². The SMILES string of the molecule is c1cc2c(c(-c3nc(C4CCCCN4)no3)c1)OCCO2. The van der Waals surface area contributed by atoms with Crippen LogP contribution < -0.4 is 14.8 Å². The Hall–Kier alpha value is -2.08. The number of hydrogen-bond acceptors (Lipinski definition) is 6. The van der Waals surface area contributed by atoms with Gasteiger partial charge in [-0.3, -0.25) is 0 Å². The summed E-state index contributed by atoms with van der Waals surface area (Å²) in [7, 11) is 0. The lowest BCUT2D eigenvalue weighted by Gasteiger charge is -2.20. The molecule has 2 aliphatic rings. The molecule has 6 nitrogen and oxygen atoms in total. The molecule has 2 aliphatic heterocycles. The molecule has 1 aromatic heterocycles. The molecule has 1 N–H and O–H groups in total. The molecule has 4 rings (SSSR count). The van der Waals surface area contributed by atoms with Gasteiger partial charge in [-0.05, 0) is 31.5 Å². The maximum Gasteiger partial charge on any atom is 0.261 e. The summed E-state index contributed by atoms with van der Waals surface area (Å²) in [5.41, 5.74) is 0.793. The summed E-state index contributed by atoms with van der Waals surface area (Å²) < 4.78 is 16.7. The number of benzene rings is 1. The Kier molecular flexibility index (Phi) is 3.23. The molecule has 2 aromatic rings. The van der Waals surface area contributed by atoms with Crippen LogP contribution in [0.25, 0.3) is 11.5 Å². The largest absolute Gasteiger partial charge is 0.486 e. The van der Waals surface area contributed by atoms with Gasteiger partial charge >= 0.3 is 0 Å². The second-order valence-corrected chi connectivity index (χ2v) is 5.29. The number of para-hydroxylation sites is 1. The third-order valence-corrected chi connectivity index (χ3v) is 3.86. The first-order valence-electron chi connectivity index (χ1n) is 7.38. The first-order chi connectivity index (χ1) is 10.4. The monoisotopic (exact) mass is 287 g/mol. The molecule has 0 bridgehead atoms. The zero-order valence-electron chi connectivity index (χ0n) is 11.7. The van der Waals surface area contributed by atoms with Crippen molar-refractivity contribution in [1.29, 1.82) is 0 Å². The van der Waals surface area contributed by atoms with Crippen LogP contribution in [0.2, 0.25) is 0 Å². The molecule has 1 aromatic carbocycles. The number of ether oxygens (including phenoxy) is 2. The predicted molar refractivity (Wildman–Crippen MR) is 75.3 cm³/mol. The van der Waals surface area contributed by atoms with Gasteiger partial charge < -0.3 is 19.3 Å². The smallest absolute Gasteiger partial charge is 0.261 e. The molecule has 3 heterocycles. The van der Waals surface area contributed by atoms with Crippen molar-refractivity contribution in [2.24, 2.45) is 0 Å². The molecule has 1 unspecified atom stereocenters. The van der Waals surface area contributed by atoms with E-state index in [9.17, 15) is 0 Å². The zero-order chi connectivity index (χ0) is 14.1. The standard InChI is InChI=1S/C15H17N3O3/c1-2-7-16-11(5-1)14-17-15(21-18-14)10-4-3-6-12-13(10)20-9-8-19-12/h3-4,6,11,16H,1-2,5,7-9H2. The van der Waals surface area contributed by atoms with Crippen molar-refractivity contribution in [3.05, 3.63) is 24.0 Å². The first-order valence-corrected chi connectivity index (χ1v) is 7.38. The highest BCUT2D eigenvalue weighted by Crippen LogP contribution is 2.39. The van der Waals surface area contributed by atoms with Crippen molar-refractivity contribution >= 4 is 0 Å². The highest BCUT2D eigenvalue weighted by Gasteiger charge is 2.24. The Labute approximate surface area is 122 Å². The third kappa shape index (κ3) is 2.35. The van der Waals surface area contributed by atoms with Crippen molar-refractivity contribution in [2.45, 2.75) is 25.3 Å². The minimum Gasteiger partial charge on any atom is -0.486 e. The number of piperidine rings is 1. The van der Waals surface area contributed by atoms with E-state index in [1.54, 1.807) is 0 Å². The lowest BCUT2D eigenvalue weighted by Crippen LogP contribution is -2.27. The molecule has 0 radical (unpaired) electrons. The molecular formula is C15H17N3O3. The molecule has 6 heteroatoms. The number of rotatable bonds is 2. The molecule has 0 aliphatic carbocycles. The highest BCUT2D eigenvalue weighted by molar-refractivity contribution is 5.67. The molecule has 21 heavy (non-hydrogen) atoms. The summed E-state index contributed by atoms with van der Waals surface area (Å²) >= 11 is 0. The summed E-state index contributed by atoms with van der Waals surface area (Å²) in [6, 6.07) is 5.90. The first kappa shape index (κ1) is 12.6. The van der Waals surface area contributed by atoms with Crippen molar-refractivity contribution in [1.82, 2.24) is 15.5 Å². The summed E-state index contributed by atoms with van der Waals surface area (Å²) in [4.78, 5) is 4.54. The van der Waals surface area contributed by atoms with Gasteiger partial charge in [0, 0.05) is 0 Å². The van der Waals surface area contributed by atoms with E-state index in [0.717, 1.165) is 30.1 Å². The van der Waals surface area contributed by atoms with E-state index in [1.807, 2.05) is 18.2 Å². The van der Waals surface area contributed by atoms with Crippen molar-refractivity contribution in [2.75, 3.05) is 19.8 Å². The highest BCUT2D eigenvalue weighted by atomic mass is 16.6. The molecule has 0 saturated carbocycles. The fraction of sp³-hybridized carbons (Fsp3) is 0.467. The van der Waals surface area contributed by atoms with Crippen LogP contribution in [0.5, 0.6) is 11.5 Å². The molecule has 0 amide bonds. The normalized spacial score (nSPS) is 21.2. The van der Waals surface area contributed by atoms with E-state index < -0.39 is 0 Å². The lowest BCUT2D eigenvalue weighted by molar-refractivity contribution is 0.172. The Bertz CT molecular complexity index is 635. The maximum absolute atomic E-state index is 5.70. The second-order valence-electron chi connectivity index (χ2n) is 5.29. The van der Waals surface area contributed by atoms with Crippen LogP contribution in [0.15, 0.2) is 22.7 Å². The topological polar surface area (TPSA) is 69.4 Å². The van der Waals surface area contributed by atoms with Gasteiger partial charge in [0.05, 0.1) is 11.6 Å². The van der Waals surface area contributed by atoms with Crippen LogP contribution in [0.1, 0.15) is 31.1 Å². The van der Waals surface area contributed by atoms with Crippen LogP contribution >= 0.6 is 0 Å². The predicted octanol–water partition coefficient (Wildman–Crippen LogP) is 2.32. The average Bonchev–Trinajstić information content (AvgIpc) is 3.05. The van der Waals surface area contributed by atoms with E-state index >= 15 is 0 Å². The van der Waals surface area contributed by atoms with Gasteiger partial charge in [0.2, 0.25) is 0 Å². The van der Waals surface area contributed by atoms with E-state index in [4.69, 9.17) is 14.0 Å². The van der Waals surface area contributed by atoms with Gasteiger partial charge in [0.1, 0.15) is 13.2 Å². The van der Waals surface area contributed by atoms with Gasteiger partial charge in [-0.15, -0.1) is 0 Å². The molecule has 110 valence electrons.